The summed E-state index contributed by atoms with van der Waals surface area (Å²) in [6.07, 6.45) is 2.62. The lowest BCUT2D eigenvalue weighted by molar-refractivity contribution is 0.00123. The van der Waals surface area contributed by atoms with Crippen molar-refractivity contribution in [1.29, 1.82) is 0 Å². The summed E-state index contributed by atoms with van der Waals surface area (Å²) >= 11 is 0. The van der Waals surface area contributed by atoms with Gasteiger partial charge in [-0.2, -0.15) is 0 Å². The molecule has 1 aromatic rings. The number of methoxy groups -OCH3 is 1. The quantitative estimate of drug-likeness (QED) is 0.922. The predicted molar refractivity (Wildman–Crippen MR) is 86.8 cm³/mol. The van der Waals surface area contributed by atoms with Crippen LogP contribution in [0.25, 0.3) is 0 Å². The van der Waals surface area contributed by atoms with Crippen LogP contribution in [0, 0.1) is 0 Å². The minimum atomic E-state index is -0.262. The third-order valence-electron chi connectivity index (χ3n) is 4.51. The zero-order valence-electron chi connectivity index (χ0n) is 12.8. The maximum atomic E-state index is 11.2. The molecule has 2 saturated heterocycles. The van der Waals surface area contributed by atoms with Gasteiger partial charge in [0.25, 0.3) is 0 Å². The molecule has 2 aliphatic rings. The number of carbonyl (C=O) groups excluding carboxylic acids is 1. The molecule has 3 rings (SSSR count). The zero-order chi connectivity index (χ0) is 14.7. The standard InChI is InChI=1S/C16H22N2O3.ClH/c1-20-14-4-2-13(3-5-14)6-9-18-10-7-16(8-11-18)12-17-15(19)21-16;/h2-5H,6-12H2,1H3,(H,17,19);1H. The molecule has 1 aromatic carbocycles. The number of hydrogen-bond donors (Lipinski definition) is 1. The Balaban J connectivity index is 0.00000176. The minimum Gasteiger partial charge on any atom is -0.497 e. The Morgan fingerprint density at radius 1 is 1.27 bits per heavy atom. The largest absolute Gasteiger partial charge is 0.497 e. The van der Waals surface area contributed by atoms with Crippen molar-refractivity contribution in [3.63, 3.8) is 0 Å². The van der Waals surface area contributed by atoms with Crippen LogP contribution in [0.15, 0.2) is 24.3 Å². The summed E-state index contributed by atoms with van der Waals surface area (Å²) in [5.41, 5.74) is 1.08. The van der Waals surface area contributed by atoms with E-state index in [1.54, 1.807) is 7.11 Å². The van der Waals surface area contributed by atoms with Crippen molar-refractivity contribution in [2.75, 3.05) is 33.3 Å². The van der Waals surface area contributed by atoms with E-state index in [1.165, 1.54) is 5.56 Å². The van der Waals surface area contributed by atoms with Crippen molar-refractivity contribution >= 4 is 18.5 Å². The van der Waals surface area contributed by atoms with Crippen LogP contribution in [0.1, 0.15) is 18.4 Å². The summed E-state index contributed by atoms with van der Waals surface area (Å²) in [7, 11) is 1.68. The summed E-state index contributed by atoms with van der Waals surface area (Å²) in [4.78, 5) is 13.6. The number of amides is 1. The van der Waals surface area contributed by atoms with Gasteiger partial charge in [-0.25, -0.2) is 4.79 Å². The Labute approximate surface area is 137 Å². The molecule has 1 spiro atoms. The minimum absolute atomic E-state index is 0. The molecular weight excluding hydrogens is 304 g/mol. The number of alkyl carbamates (subject to hydrolysis) is 1. The highest BCUT2D eigenvalue weighted by Crippen LogP contribution is 2.29. The second-order valence-corrected chi connectivity index (χ2v) is 5.87. The van der Waals surface area contributed by atoms with Crippen LogP contribution in [0.2, 0.25) is 0 Å². The average molecular weight is 327 g/mol. The van der Waals surface area contributed by atoms with Crippen LogP contribution < -0.4 is 10.1 Å². The van der Waals surface area contributed by atoms with Crippen molar-refractivity contribution < 1.29 is 14.3 Å². The van der Waals surface area contributed by atoms with Gasteiger partial charge in [0.1, 0.15) is 11.4 Å². The van der Waals surface area contributed by atoms with Crippen LogP contribution >= 0.6 is 12.4 Å². The van der Waals surface area contributed by atoms with E-state index in [2.05, 4.69) is 22.3 Å². The van der Waals surface area contributed by atoms with Crippen LogP contribution in [0.3, 0.4) is 0 Å². The molecule has 0 saturated carbocycles. The molecule has 2 heterocycles. The number of nitrogens with zero attached hydrogens (tertiary/aromatic N) is 1. The van der Waals surface area contributed by atoms with Crippen LogP contribution in [-0.2, 0) is 11.2 Å². The van der Waals surface area contributed by atoms with E-state index < -0.39 is 0 Å². The number of likely N-dealkylation sites (tertiary alicyclic amines) is 1. The average Bonchev–Trinajstić information content (AvgIpc) is 2.88. The summed E-state index contributed by atoms with van der Waals surface area (Å²) < 4.78 is 10.6. The van der Waals surface area contributed by atoms with Crippen molar-refractivity contribution in [3.05, 3.63) is 29.8 Å². The number of carbonyl (C=O) groups is 1. The van der Waals surface area contributed by atoms with E-state index in [0.29, 0.717) is 6.54 Å². The molecule has 6 heteroatoms. The number of piperidine rings is 1. The molecular formula is C16H23ClN2O3. The summed E-state index contributed by atoms with van der Waals surface area (Å²) in [6, 6.07) is 8.24. The van der Waals surface area contributed by atoms with Crippen molar-refractivity contribution in [3.8, 4) is 5.75 Å². The lowest BCUT2D eigenvalue weighted by Gasteiger charge is -2.37. The second-order valence-electron chi connectivity index (χ2n) is 5.87. The summed E-state index contributed by atoms with van der Waals surface area (Å²) in [5, 5.41) is 2.77. The molecule has 0 bridgehead atoms. The SMILES string of the molecule is COc1ccc(CCN2CCC3(CC2)CNC(=O)O3)cc1.Cl. The van der Waals surface area contributed by atoms with E-state index in [-0.39, 0.29) is 24.1 Å². The van der Waals surface area contributed by atoms with Gasteiger partial charge in [0.05, 0.1) is 13.7 Å². The van der Waals surface area contributed by atoms with Gasteiger partial charge in [0, 0.05) is 32.5 Å². The maximum Gasteiger partial charge on any atom is 0.407 e. The molecule has 22 heavy (non-hydrogen) atoms. The molecule has 0 unspecified atom stereocenters. The Morgan fingerprint density at radius 3 is 2.50 bits per heavy atom. The lowest BCUT2D eigenvalue weighted by Crippen LogP contribution is -2.47. The van der Waals surface area contributed by atoms with Crippen LogP contribution in [0.4, 0.5) is 4.79 Å². The van der Waals surface area contributed by atoms with Gasteiger partial charge < -0.3 is 19.7 Å². The van der Waals surface area contributed by atoms with Gasteiger partial charge in [-0.15, -0.1) is 12.4 Å². The molecule has 1 N–H and O–H groups in total. The maximum absolute atomic E-state index is 11.2. The van der Waals surface area contributed by atoms with Gasteiger partial charge in [-0.3, -0.25) is 0 Å². The molecule has 0 aromatic heterocycles. The fraction of sp³-hybridized carbons (Fsp3) is 0.562. The first-order valence-electron chi connectivity index (χ1n) is 7.51. The number of halogens is 1. The molecule has 122 valence electrons. The lowest BCUT2D eigenvalue weighted by atomic mass is 9.91. The van der Waals surface area contributed by atoms with Crippen molar-refractivity contribution in [2.24, 2.45) is 0 Å². The molecule has 2 aliphatic heterocycles. The monoisotopic (exact) mass is 326 g/mol. The van der Waals surface area contributed by atoms with Gasteiger partial charge >= 0.3 is 6.09 Å². The Bertz CT molecular complexity index is 499. The highest BCUT2D eigenvalue weighted by atomic mass is 35.5. The Hall–Kier alpha value is -1.46. The van der Waals surface area contributed by atoms with Crippen molar-refractivity contribution in [1.82, 2.24) is 10.2 Å². The summed E-state index contributed by atoms with van der Waals surface area (Å²) in [6.45, 7) is 3.69. The third-order valence-corrected chi connectivity index (χ3v) is 4.51. The third kappa shape index (κ3) is 3.84. The van der Waals surface area contributed by atoms with E-state index in [0.717, 1.165) is 44.6 Å². The highest BCUT2D eigenvalue weighted by molar-refractivity contribution is 5.85. The van der Waals surface area contributed by atoms with Gasteiger partial charge in [-0.05, 0) is 24.1 Å². The highest BCUT2D eigenvalue weighted by Gasteiger charge is 2.42. The molecule has 1 amide bonds. The van der Waals surface area contributed by atoms with E-state index in [1.807, 2.05) is 12.1 Å². The van der Waals surface area contributed by atoms with E-state index >= 15 is 0 Å². The molecule has 0 atom stereocenters. The Morgan fingerprint density at radius 2 is 1.95 bits per heavy atom. The number of rotatable bonds is 4. The van der Waals surface area contributed by atoms with Crippen LogP contribution in [0.5, 0.6) is 5.75 Å². The number of nitrogens with one attached hydrogen (secondary N) is 1. The smallest absolute Gasteiger partial charge is 0.407 e. The molecule has 0 aliphatic carbocycles. The van der Waals surface area contributed by atoms with Gasteiger partial charge in [-0.1, -0.05) is 12.1 Å². The number of hydrogen-bond acceptors (Lipinski definition) is 4. The van der Waals surface area contributed by atoms with Crippen LogP contribution in [-0.4, -0.2) is 49.9 Å². The summed E-state index contributed by atoms with van der Waals surface area (Å²) in [5.74, 6) is 0.897. The van der Waals surface area contributed by atoms with E-state index in [4.69, 9.17) is 9.47 Å². The van der Waals surface area contributed by atoms with Gasteiger partial charge in [0.15, 0.2) is 0 Å². The number of ether oxygens (including phenoxy) is 2. The fourth-order valence-electron chi connectivity index (χ4n) is 3.04. The first-order chi connectivity index (χ1) is 10.2. The Kier molecular flexibility index (Phi) is 5.53. The molecule has 5 nitrogen and oxygen atoms in total. The topological polar surface area (TPSA) is 50.8 Å². The predicted octanol–water partition coefficient (Wildman–Crippen LogP) is 2.23. The zero-order valence-corrected chi connectivity index (χ0v) is 13.7. The fourth-order valence-corrected chi connectivity index (χ4v) is 3.04. The normalized spacial score (nSPS) is 20.1. The van der Waals surface area contributed by atoms with Crippen molar-refractivity contribution in [2.45, 2.75) is 24.9 Å². The van der Waals surface area contributed by atoms with Gasteiger partial charge in [0.2, 0.25) is 0 Å². The number of benzene rings is 1. The second kappa shape index (κ2) is 7.20. The first-order valence-corrected chi connectivity index (χ1v) is 7.51. The molecule has 2 fully saturated rings. The first kappa shape index (κ1) is 16.9. The van der Waals surface area contributed by atoms with E-state index in [9.17, 15) is 4.79 Å². The molecule has 0 radical (unpaired) electrons.